The highest BCUT2D eigenvalue weighted by Gasteiger charge is 2.18. The first-order chi connectivity index (χ1) is 6.61. The molecule has 0 unspecified atom stereocenters. The molecule has 0 bridgehead atoms. The van der Waals surface area contributed by atoms with Crippen LogP contribution in [0.3, 0.4) is 0 Å². The number of hydrogen-bond donors (Lipinski definition) is 0. The summed E-state index contributed by atoms with van der Waals surface area (Å²) >= 11 is 1.25. The minimum Gasteiger partial charge on any atom is -0.483 e. The Morgan fingerprint density at radius 3 is 2.71 bits per heavy atom. The number of hydrogen-bond acceptors (Lipinski definition) is 4. The Morgan fingerprint density at radius 2 is 2.29 bits per heavy atom. The van der Waals surface area contributed by atoms with Crippen molar-refractivity contribution >= 4 is 17.1 Å². The fourth-order valence-corrected chi connectivity index (χ4v) is 2.25. The van der Waals surface area contributed by atoms with Crippen molar-refractivity contribution in [3.05, 3.63) is 16.0 Å². The molecule has 0 saturated heterocycles. The SMILES string of the molecule is CCOc1sc(C(C)=O)c(C)c1C#N. The van der Waals surface area contributed by atoms with E-state index in [-0.39, 0.29) is 5.78 Å². The Kier molecular flexibility index (Phi) is 3.26. The van der Waals surface area contributed by atoms with Crippen molar-refractivity contribution in [1.29, 1.82) is 5.26 Å². The van der Waals surface area contributed by atoms with Gasteiger partial charge in [0.05, 0.1) is 11.5 Å². The number of carbonyl (C=O) groups excluding carboxylic acids is 1. The van der Waals surface area contributed by atoms with Gasteiger partial charge >= 0.3 is 0 Å². The van der Waals surface area contributed by atoms with E-state index in [0.29, 0.717) is 22.1 Å². The molecule has 1 aromatic rings. The normalized spacial score (nSPS) is 9.57. The lowest BCUT2D eigenvalue weighted by Gasteiger charge is -1.97. The summed E-state index contributed by atoms with van der Waals surface area (Å²) in [6.45, 7) is 5.62. The number of carbonyl (C=O) groups is 1. The van der Waals surface area contributed by atoms with Crippen molar-refractivity contribution in [1.82, 2.24) is 0 Å². The highest BCUT2D eigenvalue weighted by atomic mass is 32.1. The quantitative estimate of drug-likeness (QED) is 0.719. The summed E-state index contributed by atoms with van der Waals surface area (Å²) in [6.07, 6.45) is 0. The zero-order valence-corrected chi connectivity index (χ0v) is 9.20. The van der Waals surface area contributed by atoms with Crippen LogP contribution in [0.5, 0.6) is 5.06 Å². The average Bonchev–Trinajstić information content (AvgIpc) is 2.43. The van der Waals surface area contributed by atoms with Crippen LogP contribution in [0.4, 0.5) is 0 Å². The number of thiophene rings is 1. The highest BCUT2D eigenvalue weighted by molar-refractivity contribution is 7.16. The van der Waals surface area contributed by atoms with Gasteiger partial charge in [0.25, 0.3) is 0 Å². The molecular weight excluding hydrogens is 198 g/mol. The van der Waals surface area contributed by atoms with Crippen LogP contribution in [0, 0.1) is 18.3 Å². The Morgan fingerprint density at radius 1 is 1.64 bits per heavy atom. The molecular formula is C10H11NO2S. The lowest BCUT2D eigenvalue weighted by Crippen LogP contribution is -1.91. The predicted molar refractivity (Wildman–Crippen MR) is 54.9 cm³/mol. The Bertz CT molecular complexity index is 401. The third-order valence-electron chi connectivity index (χ3n) is 1.82. The third kappa shape index (κ3) is 1.78. The van der Waals surface area contributed by atoms with Crippen LogP contribution >= 0.6 is 11.3 Å². The molecule has 74 valence electrons. The molecule has 0 aliphatic rings. The molecule has 0 radical (unpaired) electrons. The zero-order valence-electron chi connectivity index (χ0n) is 8.38. The van der Waals surface area contributed by atoms with Crippen molar-refractivity contribution in [3.8, 4) is 11.1 Å². The first-order valence-electron chi connectivity index (χ1n) is 4.29. The average molecular weight is 209 g/mol. The van der Waals surface area contributed by atoms with Gasteiger partial charge in [0, 0.05) is 0 Å². The maximum Gasteiger partial charge on any atom is 0.192 e. The third-order valence-corrected chi connectivity index (χ3v) is 3.13. The fraction of sp³-hybridized carbons (Fsp3) is 0.400. The van der Waals surface area contributed by atoms with Crippen molar-refractivity contribution < 1.29 is 9.53 Å². The first-order valence-corrected chi connectivity index (χ1v) is 5.10. The number of nitriles is 1. The van der Waals surface area contributed by atoms with E-state index in [2.05, 4.69) is 6.07 Å². The molecule has 3 nitrogen and oxygen atoms in total. The van der Waals surface area contributed by atoms with Gasteiger partial charge in [-0.05, 0) is 26.3 Å². The zero-order chi connectivity index (χ0) is 10.7. The smallest absolute Gasteiger partial charge is 0.192 e. The van der Waals surface area contributed by atoms with Crippen molar-refractivity contribution in [2.75, 3.05) is 6.61 Å². The molecule has 0 fully saturated rings. The number of nitrogens with zero attached hydrogens (tertiary/aromatic N) is 1. The molecule has 0 aliphatic heterocycles. The molecule has 0 saturated carbocycles. The molecule has 1 aromatic heterocycles. The lowest BCUT2D eigenvalue weighted by molar-refractivity contribution is 0.102. The van der Waals surface area contributed by atoms with Crippen LogP contribution in [0.15, 0.2) is 0 Å². The van der Waals surface area contributed by atoms with Gasteiger partial charge in [-0.25, -0.2) is 0 Å². The minimum atomic E-state index is -0.0186. The molecule has 0 amide bonds. The van der Waals surface area contributed by atoms with Gasteiger partial charge in [-0.15, -0.1) is 0 Å². The Hall–Kier alpha value is -1.34. The van der Waals surface area contributed by atoms with Gasteiger partial charge < -0.3 is 4.74 Å². The fourth-order valence-electron chi connectivity index (χ4n) is 1.19. The van der Waals surface area contributed by atoms with Crippen molar-refractivity contribution in [3.63, 3.8) is 0 Å². The van der Waals surface area contributed by atoms with E-state index in [1.54, 1.807) is 6.92 Å². The van der Waals surface area contributed by atoms with E-state index in [0.717, 1.165) is 5.56 Å². The summed E-state index contributed by atoms with van der Waals surface area (Å²) in [4.78, 5) is 11.8. The van der Waals surface area contributed by atoms with Crippen LogP contribution in [-0.2, 0) is 0 Å². The molecule has 0 aromatic carbocycles. The summed E-state index contributed by atoms with van der Waals surface area (Å²) in [5.74, 6) is -0.0186. The van der Waals surface area contributed by atoms with Crippen molar-refractivity contribution in [2.24, 2.45) is 0 Å². The summed E-state index contributed by atoms with van der Waals surface area (Å²) in [5.41, 5.74) is 1.22. The van der Waals surface area contributed by atoms with Crippen LogP contribution in [0.1, 0.15) is 34.6 Å². The van der Waals surface area contributed by atoms with Gasteiger partial charge in [-0.1, -0.05) is 11.3 Å². The molecule has 0 N–H and O–H groups in total. The second-order valence-corrected chi connectivity index (χ2v) is 3.80. The van der Waals surface area contributed by atoms with E-state index in [1.807, 2.05) is 6.92 Å². The second-order valence-electron chi connectivity index (χ2n) is 2.82. The number of ether oxygens (including phenoxy) is 1. The summed E-state index contributed by atoms with van der Waals surface area (Å²) < 4.78 is 5.28. The summed E-state index contributed by atoms with van der Waals surface area (Å²) in [5, 5.41) is 9.44. The number of rotatable bonds is 3. The maximum atomic E-state index is 11.2. The molecule has 14 heavy (non-hydrogen) atoms. The summed E-state index contributed by atoms with van der Waals surface area (Å²) in [6, 6.07) is 2.06. The van der Waals surface area contributed by atoms with Crippen molar-refractivity contribution in [2.45, 2.75) is 20.8 Å². The molecule has 1 rings (SSSR count). The maximum absolute atomic E-state index is 11.2. The largest absolute Gasteiger partial charge is 0.483 e. The number of Topliss-reactive ketones (excluding diaryl/α,β-unsaturated/α-hetero) is 1. The van der Waals surface area contributed by atoms with Gasteiger partial charge in [-0.3, -0.25) is 4.79 Å². The van der Waals surface area contributed by atoms with Crippen LogP contribution in [0.2, 0.25) is 0 Å². The highest BCUT2D eigenvalue weighted by Crippen LogP contribution is 2.34. The number of ketones is 1. The standard InChI is InChI=1S/C10H11NO2S/c1-4-13-10-8(5-11)6(2)9(14-10)7(3)12/h4H2,1-3H3. The second kappa shape index (κ2) is 4.25. The van der Waals surface area contributed by atoms with E-state index in [1.165, 1.54) is 18.3 Å². The Labute approximate surface area is 86.9 Å². The molecule has 0 atom stereocenters. The Balaban J connectivity index is 3.26. The van der Waals surface area contributed by atoms with Gasteiger partial charge in [0.2, 0.25) is 0 Å². The van der Waals surface area contributed by atoms with E-state index >= 15 is 0 Å². The van der Waals surface area contributed by atoms with E-state index < -0.39 is 0 Å². The molecule has 0 aliphatic carbocycles. The van der Waals surface area contributed by atoms with Gasteiger partial charge in [-0.2, -0.15) is 5.26 Å². The lowest BCUT2D eigenvalue weighted by atomic mass is 10.1. The molecule has 1 heterocycles. The monoisotopic (exact) mass is 209 g/mol. The first kappa shape index (κ1) is 10.7. The van der Waals surface area contributed by atoms with Gasteiger partial charge in [0.1, 0.15) is 11.6 Å². The van der Waals surface area contributed by atoms with Crippen LogP contribution < -0.4 is 4.74 Å². The topological polar surface area (TPSA) is 50.1 Å². The van der Waals surface area contributed by atoms with Crippen LogP contribution in [-0.4, -0.2) is 12.4 Å². The van der Waals surface area contributed by atoms with Gasteiger partial charge in [0.15, 0.2) is 10.8 Å². The molecule has 4 heteroatoms. The molecule has 0 spiro atoms. The summed E-state index contributed by atoms with van der Waals surface area (Å²) in [7, 11) is 0. The van der Waals surface area contributed by atoms with E-state index in [9.17, 15) is 4.79 Å². The predicted octanol–water partition coefficient (Wildman–Crippen LogP) is 2.53. The minimum absolute atomic E-state index is 0.0186. The van der Waals surface area contributed by atoms with E-state index in [4.69, 9.17) is 10.00 Å². The van der Waals surface area contributed by atoms with Crippen LogP contribution in [0.25, 0.3) is 0 Å².